The van der Waals surface area contributed by atoms with E-state index in [2.05, 4.69) is 46.1 Å². The van der Waals surface area contributed by atoms with Crippen LogP contribution in [0.3, 0.4) is 0 Å². The Morgan fingerprint density at radius 3 is 2.62 bits per heavy atom. The summed E-state index contributed by atoms with van der Waals surface area (Å²) >= 11 is 1.63. The van der Waals surface area contributed by atoms with Crippen molar-refractivity contribution in [2.75, 3.05) is 5.73 Å². The highest BCUT2D eigenvalue weighted by Crippen LogP contribution is 2.31. The number of rotatable bonds is 3. The first-order valence-electron chi connectivity index (χ1n) is 6.61. The molecule has 0 radical (unpaired) electrons. The van der Waals surface area contributed by atoms with Gasteiger partial charge in [0.25, 0.3) is 5.56 Å². The lowest BCUT2D eigenvalue weighted by molar-refractivity contribution is 1.17. The highest BCUT2D eigenvalue weighted by Gasteiger charge is 2.14. The predicted molar refractivity (Wildman–Crippen MR) is 86.6 cm³/mol. The van der Waals surface area contributed by atoms with Crippen LogP contribution in [0.15, 0.2) is 34.0 Å². The van der Waals surface area contributed by atoms with Crippen molar-refractivity contribution in [1.82, 2.24) is 15.0 Å². The Kier molecular flexibility index (Phi) is 3.47. The zero-order valence-corrected chi connectivity index (χ0v) is 12.7. The molecule has 0 spiro atoms. The van der Waals surface area contributed by atoms with Gasteiger partial charge in [-0.15, -0.1) is 11.8 Å². The number of anilines is 1. The van der Waals surface area contributed by atoms with Crippen LogP contribution in [0, 0.1) is 13.8 Å². The number of nitrogens with two attached hydrogens (primary N) is 1. The van der Waals surface area contributed by atoms with E-state index in [-0.39, 0.29) is 11.5 Å². The Balaban J connectivity index is 1.95. The maximum Gasteiger partial charge on any atom is 0.262 e. The number of aromatic amines is 2. The maximum absolute atomic E-state index is 12.1. The molecule has 1 aromatic carbocycles. The third-order valence-corrected chi connectivity index (χ3v) is 4.59. The zero-order valence-electron chi connectivity index (χ0n) is 11.9. The van der Waals surface area contributed by atoms with Crippen molar-refractivity contribution in [2.45, 2.75) is 24.5 Å². The van der Waals surface area contributed by atoms with Crippen LogP contribution in [-0.2, 0) is 5.75 Å². The van der Waals surface area contributed by atoms with Crippen LogP contribution in [0.5, 0.6) is 0 Å². The lowest BCUT2D eigenvalue weighted by Gasteiger charge is -2.03. The van der Waals surface area contributed by atoms with Gasteiger partial charge in [0.1, 0.15) is 5.65 Å². The molecule has 0 saturated heterocycles. The minimum absolute atomic E-state index is 0.129. The van der Waals surface area contributed by atoms with E-state index >= 15 is 0 Å². The number of fused-ring (bicyclic) bond motifs is 1. The van der Waals surface area contributed by atoms with Crippen molar-refractivity contribution in [3.05, 3.63) is 51.4 Å². The summed E-state index contributed by atoms with van der Waals surface area (Å²) in [5.41, 5.74) is 9.31. The Morgan fingerprint density at radius 1 is 1.19 bits per heavy atom. The molecule has 4 N–H and O–H groups in total. The minimum Gasteiger partial charge on any atom is -0.369 e. The van der Waals surface area contributed by atoms with Gasteiger partial charge in [-0.2, -0.15) is 4.98 Å². The fraction of sp³-hybridized carbons (Fsp3) is 0.200. The molecule has 0 aliphatic carbocycles. The average Bonchev–Trinajstić information content (AvgIpc) is 2.74. The topological polar surface area (TPSA) is 87.6 Å². The van der Waals surface area contributed by atoms with Gasteiger partial charge in [0.15, 0.2) is 0 Å². The van der Waals surface area contributed by atoms with Gasteiger partial charge in [-0.25, -0.2) is 0 Å². The van der Waals surface area contributed by atoms with E-state index in [1.807, 2.05) is 6.92 Å². The molecule has 6 heteroatoms. The van der Waals surface area contributed by atoms with E-state index in [0.29, 0.717) is 11.0 Å². The van der Waals surface area contributed by atoms with Crippen molar-refractivity contribution in [2.24, 2.45) is 0 Å². The first-order chi connectivity index (χ1) is 10.0. The Bertz CT molecular complexity index is 848. The van der Waals surface area contributed by atoms with Crippen LogP contribution in [0.2, 0.25) is 0 Å². The van der Waals surface area contributed by atoms with E-state index in [4.69, 9.17) is 5.73 Å². The molecule has 108 valence electrons. The van der Waals surface area contributed by atoms with Crippen LogP contribution in [0.25, 0.3) is 11.0 Å². The highest BCUT2D eigenvalue weighted by atomic mass is 32.2. The molecule has 0 bridgehead atoms. The number of nitrogens with zero attached hydrogens (tertiary/aromatic N) is 1. The standard InChI is InChI=1S/C15H16N4OS/c1-8-3-5-10(6-4-8)7-21-12-9(2)17-13-11(12)14(20)19-15(16)18-13/h3-6H,7H2,1-2H3,(H4,16,17,18,19,20). The number of hydrogen-bond acceptors (Lipinski definition) is 4. The molecule has 2 aromatic heterocycles. The van der Waals surface area contributed by atoms with Gasteiger partial charge in [-0.3, -0.25) is 9.78 Å². The molecule has 0 unspecified atom stereocenters. The third-order valence-electron chi connectivity index (χ3n) is 3.32. The molecule has 0 fully saturated rings. The van der Waals surface area contributed by atoms with Crippen LogP contribution in [0.4, 0.5) is 5.95 Å². The predicted octanol–water partition coefficient (Wildman–Crippen LogP) is 2.74. The van der Waals surface area contributed by atoms with Crippen molar-refractivity contribution in [3.8, 4) is 0 Å². The quantitative estimate of drug-likeness (QED) is 0.649. The normalized spacial score (nSPS) is 11.1. The SMILES string of the molecule is Cc1ccc(CSc2c(C)[nH]c3nc(N)[nH]c(=O)c23)cc1. The molecule has 0 aliphatic rings. The molecule has 3 aromatic rings. The highest BCUT2D eigenvalue weighted by molar-refractivity contribution is 7.98. The van der Waals surface area contributed by atoms with Gasteiger partial charge in [0, 0.05) is 16.3 Å². The summed E-state index contributed by atoms with van der Waals surface area (Å²) in [6.45, 7) is 4.01. The molecule has 0 aliphatic heterocycles. The Labute approximate surface area is 126 Å². The van der Waals surface area contributed by atoms with Gasteiger partial charge < -0.3 is 10.7 Å². The first-order valence-corrected chi connectivity index (χ1v) is 7.59. The number of aryl methyl sites for hydroxylation is 2. The van der Waals surface area contributed by atoms with Crippen LogP contribution in [0.1, 0.15) is 16.8 Å². The molecule has 0 amide bonds. The lowest BCUT2D eigenvalue weighted by Crippen LogP contribution is -2.10. The summed E-state index contributed by atoms with van der Waals surface area (Å²) in [6, 6.07) is 8.39. The van der Waals surface area contributed by atoms with E-state index in [9.17, 15) is 4.79 Å². The third kappa shape index (κ3) is 2.67. The maximum atomic E-state index is 12.1. The minimum atomic E-state index is -0.201. The number of nitrogen functional groups attached to an aromatic ring is 1. The number of nitrogens with one attached hydrogen (secondary N) is 2. The number of H-pyrrole nitrogens is 2. The van der Waals surface area contributed by atoms with E-state index in [1.54, 1.807) is 11.8 Å². The molecule has 21 heavy (non-hydrogen) atoms. The number of benzene rings is 1. The van der Waals surface area contributed by atoms with Gasteiger partial charge in [-0.05, 0) is 19.4 Å². The van der Waals surface area contributed by atoms with Crippen LogP contribution < -0.4 is 11.3 Å². The first kappa shape index (κ1) is 13.8. The molecular formula is C15H16N4OS. The monoisotopic (exact) mass is 300 g/mol. The Hall–Kier alpha value is -2.21. The summed E-state index contributed by atoms with van der Waals surface area (Å²) in [5, 5.41) is 0.582. The summed E-state index contributed by atoms with van der Waals surface area (Å²) in [6.07, 6.45) is 0. The lowest BCUT2D eigenvalue weighted by atomic mass is 10.2. The molecule has 2 heterocycles. The molecule has 0 saturated carbocycles. The smallest absolute Gasteiger partial charge is 0.262 e. The fourth-order valence-corrected chi connectivity index (χ4v) is 3.34. The second-order valence-electron chi connectivity index (χ2n) is 5.03. The second kappa shape index (κ2) is 5.29. The number of hydrogen-bond donors (Lipinski definition) is 3. The second-order valence-corrected chi connectivity index (χ2v) is 6.01. The summed E-state index contributed by atoms with van der Waals surface area (Å²) in [7, 11) is 0. The van der Waals surface area contributed by atoms with Gasteiger partial charge in [0.2, 0.25) is 5.95 Å². The average molecular weight is 300 g/mol. The summed E-state index contributed by atoms with van der Waals surface area (Å²) in [5.74, 6) is 0.932. The van der Waals surface area contributed by atoms with Crippen molar-refractivity contribution in [1.29, 1.82) is 0 Å². The largest absolute Gasteiger partial charge is 0.369 e. The summed E-state index contributed by atoms with van der Waals surface area (Å²) in [4.78, 5) is 22.8. The molecule has 0 atom stereocenters. The van der Waals surface area contributed by atoms with E-state index < -0.39 is 0 Å². The van der Waals surface area contributed by atoms with E-state index in [1.165, 1.54) is 11.1 Å². The molecule has 5 nitrogen and oxygen atoms in total. The molecular weight excluding hydrogens is 284 g/mol. The fourth-order valence-electron chi connectivity index (χ4n) is 2.23. The van der Waals surface area contributed by atoms with Crippen LogP contribution >= 0.6 is 11.8 Å². The zero-order chi connectivity index (χ0) is 15.0. The van der Waals surface area contributed by atoms with Crippen molar-refractivity contribution < 1.29 is 0 Å². The Morgan fingerprint density at radius 2 is 1.90 bits per heavy atom. The van der Waals surface area contributed by atoms with Crippen LogP contribution in [-0.4, -0.2) is 15.0 Å². The van der Waals surface area contributed by atoms with Crippen molar-refractivity contribution in [3.63, 3.8) is 0 Å². The summed E-state index contributed by atoms with van der Waals surface area (Å²) < 4.78 is 0. The molecule has 3 rings (SSSR count). The number of thioether (sulfide) groups is 1. The van der Waals surface area contributed by atoms with Gasteiger partial charge in [0.05, 0.1) is 5.39 Å². The van der Waals surface area contributed by atoms with Crippen molar-refractivity contribution >= 4 is 28.7 Å². The van der Waals surface area contributed by atoms with Gasteiger partial charge >= 0.3 is 0 Å². The van der Waals surface area contributed by atoms with E-state index in [0.717, 1.165) is 16.3 Å². The van der Waals surface area contributed by atoms with Gasteiger partial charge in [-0.1, -0.05) is 29.8 Å². The number of aromatic nitrogens is 3.